The van der Waals surface area contributed by atoms with Crippen molar-refractivity contribution in [1.82, 2.24) is 4.57 Å². The molecule has 3 aromatic rings. The number of hydrogen-bond donors (Lipinski definition) is 0. The molecule has 1 aliphatic carbocycles. The van der Waals surface area contributed by atoms with Gasteiger partial charge in [0.2, 0.25) is 0 Å². The summed E-state index contributed by atoms with van der Waals surface area (Å²) < 4.78 is 5.12. The smallest absolute Gasteiger partial charge is 0.226 e. The fourth-order valence-corrected chi connectivity index (χ4v) is 4.93. The van der Waals surface area contributed by atoms with E-state index in [9.17, 15) is 0 Å². The van der Waals surface area contributed by atoms with Crippen LogP contribution in [0.15, 0.2) is 36.4 Å². The molecule has 2 heteroatoms. The summed E-state index contributed by atoms with van der Waals surface area (Å²) in [7, 11) is 2.26. The molecule has 0 saturated heterocycles. The second-order valence-corrected chi connectivity index (χ2v) is 10.4. The molecule has 0 spiro atoms. The lowest BCUT2D eigenvalue weighted by atomic mass is 9.85. The average Bonchev–Trinajstić information content (AvgIpc) is 3.27. The summed E-state index contributed by atoms with van der Waals surface area (Å²) in [6.07, 6.45) is 5.28. The standard InChI is InChI=1S/C27H37N2/c1-18(2)20-13-15-24-25(16-20)28(7)26(29(24)22-10-8-9-11-22)23-17-21(27(4,5)6)14-12-19(23)3/h12-18,22H,8-11H2,1-7H3/q+1. The Labute approximate surface area is 176 Å². The number of rotatable bonds is 3. The SMILES string of the molecule is Cc1ccc(C(C)(C)C)cc1-c1n(C)c2cc(C(C)C)ccc2[n+]1C1CCCC1. The predicted octanol–water partition coefficient (Wildman–Crippen LogP) is 6.98. The van der Waals surface area contributed by atoms with Gasteiger partial charge >= 0.3 is 0 Å². The maximum Gasteiger partial charge on any atom is 0.290 e. The number of imidazole rings is 1. The van der Waals surface area contributed by atoms with E-state index in [4.69, 9.17) is 0 Å². The van der Waals surface area contributed by atoms with E-state index in [1.165, 1.54) is 64.8 Å². The quantitative estimate of drug-likeness (QED) is 0.427. The largest absolute Gasteiger partial charge is 0.290 e. The number of nitrogens with zero attached hydrogens (tertiary/aromatic N) is 2. The molecule has 4 rings (SSSR count). The monoisotopic (exact) mass is 389 g/mol. The minimum absolute atomic E-state index is 0.149. The van der Waals surface area contributed by atoms with Gasteiger partial charge in [0.05, 0.1) is 12.6 Å². The van der Waals surface area contributed by atoms with Gasteiger partial charge in [0.1, 0.15) is 6.04 Å². The number of aromatic nitrogens is 2. The van der Waals surface area contributed by atoms with Crippen molar-refractivity contribution in [3.05, 3.63) is 53.1 Å². The van der Waals surface area contributed by atoms with Gasteiger partial charge in [-0.25, -0.2) is 9.13 Å². The van der Waals surface area contributed by atoms with Gasteiger partial charge in [-0.3, -0.25) is 0 Å². The Kier molecular flexibility index (Phi) is 5.09. The number of fused-ring (bicyclic) bond motifs is 1. The Hall–Kier alpha value is -2.09. The molecule has 1 fully saturated rings. The van der Waals surface area contributed by atoms with Crippen molar-refractivity contribution in [2.24, 2.45) is 7.05 Å². The first kappa shape index (κ1) is 20.2. The molecule has 0 amide bonds. The molecule has 29 heavy (non-hydrogen) atoms. The number of hydrogen-bond acceptors (Lipinski definition) is 0. The summed E-state index contributed by atoms with van der Waals surface area (Å²) in [4.78, 5) is 0. The van der Waals surface area contributed by atoms with Gasteiger partial charge in [-0.1, -0.05) is 52.8 Å². The summed E-state index contributed by atoms with van der Waals surface area (Å²) in [6, 6.07) is 14.8. The van der Waals surface area contributed by atoms with Crippen LogP contribution < -0.4 is 4.57 Å². The third-order valence-corrected chi connectivity index (χ3v) is 6.87. The van der Waals surface area contributed by atoms with E-state index in [0.29, 0.717) is 12.0 Å². The zero-order valence-electron chi connectivity index (χ0n) is 19.3. The van der Waals surface area contributed by atoms with E-state index in [-0.39, 0.29) is 5.41 Å². The molecular formula is C27H37N2+. The Balaban J connectivity index is 2.03. The predicted molar refractivity (Wildman–Crippen MR) is 124 cm³/mol. The molecule has 0 atom stereocenters. The van der Waals surface area contributed by atoms with Crippen LogP contribution in [0.25, 0.3) is 22.4 Å². The van der Waals surface area contributed by atoms with Crippen molar-refractivity contribution in [2.45, 2.75) is 84.6 Å². The van der Waals surface area contributed by atoms with E-state index in [0.717, 1.165) is 0 Å². The van der Waals surface area contributed by atoms with Gasteiger partial charge in [0.15, 0.2) is 11.0 Å². The molecule has 1 aliphatic rings. The Morgan fingerprint density at radius 3 is 2.31 bits per heavy atom. The normalized spacial score (nSPS) is 15.7. The molecule has 0 bridgehead atoms. The van der Waals surface area contributed by atoms with Crippen LogP contribution >= 0.6 is 0 Å². The highest BCUT2D eigenvalue weighted by Crippen LogP contribution is 2.35. The minimum atomic E-state index is 0.149. The van der Waals surface area contributed by atoms with Crippen molar-refractivity contribution in [1.29, 1.82) is 0 Å². The lowest BCUT2D eigenvalue weighted by Crippen LogP contribution is -2.40. The fraction of sp³-hybridized carbons (Fsp3) is 0.519. The molecule has 0 N–H and O–H groups in total. The van der Waals surface area contributed by atoms with Crippen LogP contribution in [-0.2, 0) is 12.5 Å². The van der Waals surface area contributed by atoms with E-state index in [1.54, 1.807) is 0 Å². The van der Waals surface area contributed by atoms with Crippen LogP contribution in [0, 0.1) is 6.92 Å². The highest BCUT2D eigenvalue weighted by molar-refractivity contribution is 5.78. The molecule has 154 valence electrons. The van der Waals surface area contributed by atoms with Crippen LogP contribution in [0.5, 0.6) is 0 Å². The van der Waals surface area contributed by atoms with Gasteiger partial charge in [0, 0.05) is 0 Å². The van der Waals surface area contributed by atoms with Gasteiger partial charge in [-0.05, 0) is 78.8 Å². The van der Waals surface area contributed by atoms with Crippen molar-refractivity contribution >= 4 is 11.0 Å². The van der Waals surface area contributed by atoms with Gasteiger partial charge in [-0.15, -0.1) is 0 Å². The molecule has 1 aromatic heterocycles. The van der Waals surface area contributed by atoms with Crippen LogP contribution in [0.1, 0.15) is 89.0 Å². The lowest BCUT2D eigenvalue weighted by molar-refractivity contribution is -0.687. The maximum atomic E-state index is 2.67. The van der Waals surface area contributed by atoms with Crippen molar-refractivity contribution in [3.63, 3.8) is 0 Å². The zero-order chi connectivity index (χ0) is 20.9. The Morgan fingerprint density at radius 2 is 1.69 bits per heavy atom. The molecule has 0 radical (unpaired) electrons. The minimum Gasteiger partial charge on any atom is -0.226 e. The van der Waals surface area contributed by atoms with Gasteiger partial charge < -0.3 is 0 Å². The van der Waals surface area contributed by atoms with E-state index < -0.39 is 0 Å². The van der Waals surface area contributed by atoms with Crippen molar-refractivity contribution < 1.29 is 4.57 Å². The molecule has 1 heterocycles. The summed E-state index contributed by atoms with van der Waals surface area (Å²) in [5.41, 5.74) is 8.47. The first-order valence-electron chi connectivity index (χ1n) is 11.3. The molecule has 0 unspecified atom stereocenters. The third-order valence-electron chi connectivity index (χ3n) is 6.87. The van der Waals surface area contributed by atoms with Crippen LogP contribution in [0.3, 0.4) is 0 Å². The average molecular weight is 390 g/mol. The zero-order valence-corrected chi connectivity index (χ0v) is 19.3. The van der Waals surface area contributed by atoms with Gasteiger partial charge in [-0.2, -0.15) is 0 Å². The van der Waals surface area contributed by atoms with E-state index in [1.807, 2.05) is 0 Å². The Morgan fingerprint density at radius 1 is 1.00 bits per heavy atom. The highest BCUT2D eigenvalue weighted by atomic mass is 15.2. The summed E-state index contributed by atoms with van der Waals surface area (Å²) in [5, 5.41) is 0. The molecule has 0 aliphatic heterocycles. The summed E-state index contributed by atoms with van der Waals surface area (Å²) in [5.74, 6) is 1.92. The van der Waals surface area contributed by atoms with E-state index in [2.05, 4.69) is 94.1 Å². The van der Waals surface area contributed by atoms with Crippen LogP contribution in [-0.4, -0.2) is 4.57 Å². The maximum absolute atomic E-state index is 2.67. The van der Waals surface area contributed by atoms with Gasteiger partial charge in [0.25, 0.3) is 5.82 Å². The van der Waals surface area contributed by atoms with Crippen LogP contribution in [0.4, 0.5) is 0 Å². The third kappa shape index (κ3) is 3.52. The molecule has 2 aromatic carbocycles. The first-order valence-corrected chi connectivity index (χ1v) is 11.3. The molecule has 2 nitrogen and oxygen atoms in total. The lowest BCUT2D eigenvalue weighted by Gasteiger charge is -2.20. The Bertz CT molecular complexity index is 1040. The first-order chi connectivity index (χ1) is 13.7. The van der Waals surface area contributed by atoms with Crippen molar-refractivity contribution in [3.8, 4) is 11.4 Å². The number of aryl methyl sites for hydroxylation is 2. The second-order valence-electron chi connectivity index (χ2n) is 10.4. The molecule has 1 saturated carbocycles. The fourth-order valence-electron chi connectivity index (χ4n) is 4.93. The topological polar surface area (TPSA) is 8.81 Å². The number of benzene rings is 2. The molecular weight excluding hydrogens is 352 g/mol. The highest BCUT2D eigenvalue weighted by Gasteiger charge is 2.33. The van der Waals surface area contributed by atoms with Crippen LogP contribution in [0.2, 0.25) is 0 Å². The van der Waals surface area contributed by atoms with E-state index >= 15 is 0 Å². The summed E-state index contributed by atoms with van der Waals surface area (Å²) >= 11 is 0. The second kappa shape index (κ2) is 7.31. The van der Waals surface area contributed by atoms with Crippen molar-refractivity contribution in [2.75, 3.05) is 0 Å². The summed E-state index contributed by atoms with van der Waals surface area (Å²) in [6.45, 7) is 13.8.